The Labute approximate surface area is 161 Å². The molecule has 4 aromatic carbocycles. The Bertz CT molecular complexity index is 1480. The number of aryl methyl sites for hydroxylation is 1. The van der Waals surface area contributed by atoms with E-state index in [2.05, 4.69) is 96.4 Å². The smallest absolute Gasteiger partial charge is 0.0548 e. The van der Waals surface area contributed by atoms with E-state index in [1.54, 1.807) is 0 Å². The summed E-state index contributed by atoms with van der Waals surface area (Å²) in [6.45, 7) is 2.15. The maximum absolute atomic E-state index is 2.41. The SMILES string of the molecule is Cc1cccc(-n2c3ccccc3c3cc4sc5ccccc5c4cc32)c1. The molecule has 0 spiro atoms. The van der Waals surface area contributed by atoms with Crippen LogP contribution in [0.3, 0.4) is 0 Å². The predicted molar refractivity (Wildman–Crippen MR) is 118 cm³/mol. The third-order valence-electron chi connectivity index (χ3n) is 5.43. The van der Waals surface area contributed by atoms with E-state index in [1.807, 2.05) is 11.3 Å². The van der Waals surface area contributed by atoms with Gasteiger partial charge in [-0.05, 0) is 48.9 Å². The van der Waals surface area contributed by atoms with Gasteiger partial charge >= 0.3 is 0 Å². The van der Waals surface area contributed by atoms with Gasteiger partial charge in [-0.2, -0.15) is 0 Å². The molecule has 0 aliphatic rings. The number of benzene rings is 4. The molecule has 0 unspecified atom stereocenters. The topological polar surface area (TPSA) is 4.93 Å². The van der Waals surface area contributed by atoms with Crippen LogP contribution in [0.15, 0.2) is 84.9 Å². The Balaban J connectivity index is 1.84. The Morgan fingerprint density at radius 2 is 1.41 bits per heavy atom. The van der Waals surface area contributed by atoms with Crippen LogP contribution < -0.4 is 0 Å². The molecule has 0 atom stereocenters. The number of fused-ring (bicyclic) bond motifs is 6. The first kappa shape index (κ1) is 15.0. The van der Waals surface area contributed by atoms with Crippen LogP contribution in [-0.2, 0) is 0 Å². The van der Waals surface area contributed by atoms with Crippen LogP contribution in [0.2, 0.25) is 0 Å². The fourth-order valence-corrected chi connectivity index (χ4v) is 5.36. The van der Waals surface area contributed by atoms with E-state index in [4.69, 9.17) is 0 Å². The first-order valence-corrected chi connectivity index (χ1v) is 10.0. The molecule has 0 bridgehead atoms. The van der Waals surface area contributed by atoms with Crippen molar-refractivity contribution in [2.45, 2.75) is 6.92 Å². The van der Waals surface area contributed by atoms with Crippen LogP contribution in [0.5, 0.6) is 0 Å². The van der Waals surface area contributed by atoms with Gasteiger partial charge in [0.15, 0.2) is 0 Å². The Hall–Kier alpha value is -3.10. The van der Waals surface area contributed by atoms with Crippen LogP contribution in [0.1, 0.15) is 5.56 Å². The molecule has 0 saturated heterocycles. The molecule has 1 nitrogen and oxygen atoms in total. The van der Waals surface area contributed by atoms with Gasteiger partial charge in [-0.15, -0.1) is 11.3 Å². The van der Waals surface area contributed by atoms with E-state index < -0.39 is 0 Å². The highest BCUT2D eigenvalue weighted by Crippen LogP contribution is 2.40. The molecule has 0 amide bonds. The van der Waals surface area contributed by atoms with E-state index in [9.17, 15) is 0 Å². The second kappa shape index (κ2) is 5.45. The third kappa shape index (κ3) is 2.11. The van der Waals surface area contributed by atoms with E-state index in [-0.39, 0.29) is 0 Å². The molecular weight excluding hydrogens is 346 g/mol. The van der Waals surface area contributed by atoms with E-state index in [0.717, 1.165) is 0 Å². The van der Waals surface area contributed by atoms with E-state index in [1.165, 1.54) is 53.2 Å². The second-order valence-electron chi connectivity index (χ2n) is 7.16. The molecule has 0 fully saturated rings. The Morgan fingerprint density at radius 3 is 2.30 bits per heavy atom. The number of thiophene rings is 1. The van der Waals surface area contributed by atoms with Crippen LogP contribution in [0, 0.1) is 6.92 Å². The van der Waals surface area contributed by atoms with Gasteiger partial charge in [0.25, 0.3) is 0 Å². The predicted octanol–water partition coefficient (Wildman–Crippen LogP) is 7.46. The van der Waals surface area contributed by atoms with Crippen molar-refractivity contribution in [1.29, 1.82) is 0 Å². The lowest BCUT2D eigenvalue weighted by molar-refractivity contribution is 1.17. The van der Waals surface area contributed by atoms with Crippen molar-refractivity contribution in [2.75, 3.05) is 0 Å². The Kier molecular flexibility index (Phi) is 3.03. The van der Waals surface area contributed by atoms with Gasteiger partial charge in [0.2, 0.25) is 0 Å². The zero-order chi connectivity index (χ0) is 18.0. The highest BCUT2D eigenvalue weighted by atomic mass is 32.1. The summed E-state index contributed by atoms with van der Waals surface area (Å²) in [5, 5.41) is 5.33. The summed E-state index contributed by atoms with van der Waals surface area (Å²) < 4.78 is 5.12. The van der Waals surface area contributed by atoms with Crippen molar-refractivity contribution < 1.29 is 0 Å². The summed E-state index contributed by atoms with van der Waals surface area (Å²) in [5.74, 6) is 0. The first-order chi connectivity index (χ1) is 13.3. The number of aromatic nitrogens is 1. The summed E-state index contributed by atoms with van der Waals surface area (Å²) in [6.07, 6.45) is 0. The molecule has 0 aliphatic carbocycles. The molecule has 0 N–H and O–H groups in total. The molecule has 2 heteroatoms. The molecule has 0 saturated carbocycles. The fourth-order valence-electron chi connectivity index (χ4n) is 4.23. The number of hydrogen-bond donors (Lipinski definition) is 0. The van der Waals surface area contributed by atoms with Crippen molar-refractivity contribution in [3.63, 3.8) is 0 Å². The van der Waals surface area contributed by atoms with Gasteiger partial charge in [-0.3, -0.25) is 0 Å². The Morgan fingerprint density at radius 1 is 0.593 bits per heavy atom. The number of rotatable bonds is 1. The number of nitrogens with zero attached hydrogens (tertiary/aromatic N) is 1. The van der Waals surface area contributed by atoms with Gasteiger partial charge in [0, 0.05) is 36.6 Å². The van der Waals surface area contributed by atoms with Crippen molar-refractivity contribution in [2.24, 2.45) is 0 Å². The molecule has 6 rings (SSSR count). The molecule has 0 aliphatic heterocycles. The monoisotopic (exact) mass is 363 g/mol. The average Bonchev–Trinajstić information content (AvgIpc) is 3.21. The minimum Gasteiger partial charge on any atom is -0.309 e. The van der Waals surface area contributed by atoms with Crippen molar-refractivity contribution in [3.05, 3.63) is 90.5 Å². The number of para-hydroxylation sites is 1. The molecule has 2 heterocycles. The molecule has 2 aromatic heterocycles. The lowest BCUT2D eigenvalue weighted by Crippen LogP contribution is -1.93. The summed E-state index contributed by atoms with van der Waals surface area (Å²) in [7, 11) is 0. The standard InChI is InChI=1S/C25H17NS/c1-16-7-6-8-17(13-16)26-22-11-4-2-9-18(22)20-15-25-21(14-23(20)26)19-10-3-5-12-24(19)27-25/h2-15H,1H3. The highest BCUT2D eigenvalue weighted by Gasteiger charge is 2.15. The van der Waals surface area contributed by atoms with Gasteiger partial charge in [-0.1, -0.05) is 48.5 Å². The van der Waals surface area contributed by atoms with Gasteiger partial charge in [0.05, 0.1) is 11.0 Å². The molecule has 6 aromatic rings. The summed E-state index contributed by atoms with van der Waals surface area (Å²) >= 11 is 1.88. The van der Waals surface area contributed by atoms with Gasteiger partial charge < -0.3 is 4.57 Å². The van der Waals surface area contributed by atoms with Gasteiger partial charge in [0.1, 0.15) is 0 Å². The quantitative estimate of drug-likeness (QED) is 0.286. The van der Waals surface area contributed by atoms with Gasteiger partial charge in [-0.25, -0.2) is 0 Å². The first-order valence-electron chi connectivity index (χ1n) is 9.21. The zero-order valence-corrected chi connectivity index (χ0v) is 15.8. The molecule has 128 valence electrons. The molecule has 0 radical (unpaired) electrons. The summed E-state index contributed by atoms with van der Waals surface area (Å²) in [4.78, 5) is 0. The maximum Gasteiger partial charge on any atom is 0.0548 e. The van der Waals surface area contributed by atoms with E-state index >= 15 is 0 Å². The minimum atomic E-state index is 1.22. The van der Waals surface area contributed by atoms with E-state index in [0.29, 0.717) is 0 Å². The largest absolute Gasteiger partial charge is 0.309 e. The number of hydrogen-bond acceptors (Lipinski definition) is 1. The lowest BCUT2D eigenvalue weighted by atomic mass is 10.1. The lowest BCUT2D eigenvalue weighted by Gasteiger charge is -2.08. The fraction of sp³-hybridized carbons (Fsp3) is 0.0400. The average molecular weight is 363 g/mol. The maximum atomic E-state index is 2.41. The summed E-state index contributed by atoms with van der Waals surface area (Å²) in [6, 6.07) is 31.0. The van der Waals surface area contributed by atoms with Crippen LogP contribution in [0.4, 0.5) is 0 Å². The van der Waals surface area contributed by atoms with Crippen molar-refractivity contribution >= 4 is 53.3 Å². The second-order valence-corrected chi connectivity index (χ2v) is 8.24. The van der Waals surface area contributed by atoms with Crippen molar-refractivity contribution in [1.82, 2.24) is 4.57 Å². The molecular formula is C25H17NS. The minimum absolute atomic E-state index is 1.22. The molecule has 27 heavy (non-hydrogen) atoms. The van der Waals surface area contributed by atoms with Crippen LogP contribution in [0.25, 0.3) is 47.7 Å². The summed E-state index contributed by atoms with van der Waals surface area (Å²) in [5.41, 5.74) is 5.04. The van der Waals surface area contributed by atoms with Crippen LogP contribution in [-0.4, -0.2) is 4.57 Å². The van der Waals surface area contributed by atoms with Crippen molar-refractivity contribution in [3.8, 4) is 5.69 Å². The van der Waals surface area contributed by atoms with Crippen LogP contribution >= 0.6 is 11.3 Å². The normalized spacial score (nSPS) is 11.9. The third-order valence-corrected chi connectivity index (χ3v) is 6.56. The zero-order valence-electron chi connectivity index (χ0n) is 14.9. The highest BCUT2D eigenvalue weighted by molar-refractivity contribution is 7.25.